The molecule has 0 spiro atoms. The maximum atomic E-state index is 12.5. The Balaban J connectivity index is 1.73. The minimum atomic E-state index is -0.147. The van der Waals surface area contributed by atoms with Crippen molar-refractivity contribution in [3.8, 4) is 5.88 Å². The van der Waals surface area contributed by atoms with Gasteiger partial charge < -0.3 is 19.3 Å². The molecule has 2 saturated heterocycles. The van der Waals surface area contributed by atoms with Gasteiger partial charge in [-0.2, -0.15) is 0 Å². The van der Waals surface area contributed by atoms with Gasteiger partial charge in [-0.1, -0.05) is 6.07 Å². The van der Waals surface area contributed by atoms with E-state index < -0.39 is 0 Å². The molecule has 0 N–H and O–H groups in total. The highest BCUT2D eigenvalue weighted by Crippen LogP contribution is 2.31. The number of rotatable bonds is 4. The van der Waals surface area contributed by atoms with E-state index in [4.69, 9.17) is 9.47 Å². The highest BCUT2D eigenvalue weighted by molar-refractivity contribution is 5.79. The molecule has 1 amide bonds. The Morgan fingerprint density at radius 3 is 3.09 bits per heavy atom. The molecule has 6 heteroatoms. The van der Waals surface area contributed by atoms with E-state index in [-0.39, 0.29) is 24.2 Å². The van der Waals surface area contributed by atoms with Crippen molar-refractivity contribution in [1.82, 2.24) is 14.8 Å². The van der Waals surface area contributed by atoms with Crippen LogP contribution < -0.4 is 4.74 Å². The number of hydrogen-bond donors (Lipinski definition) is 0. The van der Waals surface area contributed by atoms with Crippen LogP contribution in [-0.2, 0) is 9.53 Å². The first-order chi connectivity index (χ1) is 10.6. The zero-order chi connectivity index (χ0) is 15.5. The molecule has 2 aliphatic rings. The number of nitrogens with zero attached hydrogens (tertiary/aromatic N) is 3. The minimum absolute atomic E-state index is 0.0538. The summed E-state index contributed by atoms with van der Waals surface area (Å²) in [5, 5.41) is 0. The summed E-state index contributed by atoms with van der Waals surface area (Å²) in [7, 11) is 3.81. The standard InChI is InChI=1S/C16H23N3O3/c1-18(2)11-15(20)19-10-13(16-12(19)6-5-9-21-16)22-14-7-3-4-8-17-14/h3-4,7-8,12-13,16H,5-6,9-11H2,1-2H3/t12-,13+,16+/m1/s1. The number of hydrogen-bond acceptors (Lipinski definition) is 5. The van der Waals surface area contributed by atoms with Gasteiger partial charge in [-0.05, 0) is 33.0 Å². The van der Waals surface area contributed by atoms with Gasteiger partial charge in [0.25, 0.3) is 0 Å². The third-order valence-corrected chi connectivity index (χ3v) is 4.16. The highest BCUT2D eigenvalue weighted by atomic mass is 16.5. The Morgan fingerprint density at radius 2 is 2.36 bits per heavy atom. The van der Waals surface area contributed by atoms with Crippen molar-refractivity contribution in [2.24, 2.45) is 0 Å². The second-order valence-electron chi connectivity index (χ2n) is 6.15. The maximum Gasteiger partial charge on any atom is 0.237 e. The molecular formula is C16H23N3O3. The Labute approximate surface area is 131 Å². The van der Waals surface area contributed by atoms with Crippen LogP contribution in [0.25, 0.3) is 0 Å². The van der Waals surface area contributed by atoms with Crippen molar-refractivity contribution in [2.75, 3.05) is 33.8 Å². The molecule has 3 heterocycles. The van der Waals surface area contributed by atoms with Crippen LogP contribution in [-0.4, -0.2) is 72.7 Å². The summed E-state index contributed by atoms with van der Waals surface area (Å²) in [5.74, 6) is 0.722. The van der Waals surface area contributed by atoms with Crippen molar-refractivity contribution < 1.29 is 14.3 Å². The van der Waals surface area contributed by atoms with Crippen molar-refractivity contribution in [2.45, 2.75) is 31.1 Å². The van der Waals surface area contributed by atoms with Gasteiger partial charge in [-0.25, -0.2) is 4.98 Å². The first-order valence-corrected chi connectivity index (χ1v) is 7.78. The molecule has 22 heavy (non-hydrogen) atoms. The normalized spacial score (nSPS) is 27.8. The molecule has 3 rings (SSSR count). The number of pyridine rings is 1. The summed E-state index contributed by atoms with van der Waals surface area (Å²) >= 11 is 0. The van der Waals surface area contributed by atoms with Gasteiger partial charge in [-0.15, -0.1) is 0 Å². The maximum absolute atomic E-state index is 12.5. The number of likely N-dealkylation sites (tertiary alicyclic amines) is 1. The lowest BCUT2D eigenvalue weighted by molar-refractivity contribution is -0.135. The molecular weight excluding hydrogens is 282 g/mol. The van der Waals surface area contributed by atoms with Crippen LogP contribution in [0.1, 0.15) is 12.8 Å². The summed E-state index contributed by atoms with van der Waals surface area (Å²) in [6.45, 7) is 1.72. The summed E-state index contributed by atoms with van der Waals surface area (Å²) in [5.41, 5.74) is 0. The molecule has 1 aromatic rings. The molecule has 0 radical (unpaired) electrons. The van der Waals surface area contributed by atoms with Gasteiger partial charge in [0.15, 0.2) is 0 Å². The van der Waals surface area contributed by atoms with Crippen LogP contribution in [0, 0.1) is 0 Å². The van der Waals surface area contributed by atoms with Crippen LogP contribution in [0.3, 0.4) is 0 Å². The largest absolute Gasteiger partial charge is 0.470 e. The average molecular weight is 305 g/mol. The zero-order valence-electron chi connectivity index (χ0n) is 13.1. The van der Waals surface area contributed by atoms with Crippen molar-refractivity contribution in [3.63, 3.8) is 0 Å². The molecule has 6 nitrogen and oxygen atoms in total. The van der Waals surface area contributed by atoms with E-state index in [0.717, 1.165) is 19.4 Å². The molecule has 0 unspecified atom stereocenters. The number of likely N-dealkylation sites (N-methyl/N-ethyl adjacent to an activating group) is 1. The first kappa shape index (κ1) is 15.2. The first-order valence-electron chi connectivity index (χ1n) is 7.78. The van der Waals surface area contributed by atoms with Gasteiger partial charge in [0, 0.05) is 18.9 Å². The van der Waals surface area contributed by atoms with Gasteiger partial charge in [0.05, 0.1) is 19.1 Å². The van der Waals surface area contributed by atoms with Gasteiger partial charge in [-0.3, -0.25) is 4.79 Å². The summed E-state index contributed by atoms with van der Waals surface area (Å²) in [4.78, 5) is 20.5. The average Bonchev–Trinajstić information content (AvgIpc) is 2.87. The van der Waals surface area contributed by atoms with E-state index in [9.17, 15) is 4.79 Å². The minimum Gasteiger partial charge on any atom is -0.470 e. The summed E-state index contributed by atoms with van der Waals surface area (Å²) in [6, 6.07) is 5.71. The third-order valence-electron chi connectivity index (χ3n) is 4.16. The van der Waals surface area contributed by atoms with E-state index in [2.05, 4.69) is 4.98 Å². The van der Waals surface area contributed by atoms with Crippen molar-refractivity contribution in [1.29, 1.82) is 0 Å². The van der Waals surface area contributed by atoms with Crippen LogP contribution in [0.15, 0.2) is 24.4 Å². The molecule has 0 bridgehead atoms. The lowest BCUT2D eigenvalue weighted by atomic mass is 10.0. The summed E-state index contributed by atoms with van der Waals surface area (Å²) in [6.07, 6.45) is 3.47. The van der Waals surface area contributed by atoms with Gasteiger partial charge in [0.2, 0.25) is 11.8 Å². The molecule has 0 aromatic carbocycles. The van der Waals surface area contributed by atoms with Gasteiger partial charge in [0.1, 0.15) is 12.2 Å². The second-order valence-corrected chi connectivity index (χ2v) is 6.15. The van der Waals surface area contributed by atoms with E-state index >= 15 is 0 Å². The molecule has 2 fully saturated rings. The Morgan fingerprint density at radius 1 is 1.50 bits per heavy atom. The van der Waals surface area contributed by atoms with Crippen molar-refractivity contribution >= 4 is 5.91 Å². The fraction of sp³-hybridized carbons (Fsp3) is 0.625. The molecule has 0 saturated carbocycles. The SMILES string of the molecule is CN(C)CC(=O)N1C[C@H](Oc2ccccn2)[C@H]2OCCC[C@H]21. The Hall–Kier alpha value is -1.66. The van der Waals surface area contributed by atoms with Crippen LogP contribution in [0.4, 0.5) is 0 Å². The number of carbonyl (C=O) groups excluding carboxylic acids is 1. The van der Waals surface area contributed by atoms with E-state index in [1.54, 1.807) is 6.20 Å². The molecule has 2 aliphatic heterocycles. The van der Waals surface area contributed by atoms with Gasteiger partial charge >= 0.3 is 0 Å². The molecule has 3 atom stereocenters. The number of ether oxygens (including phenoxy) is 2. The predicted molar refractivity (Wildman–Crippen MR) is 81.7 cm³/mol. The number of carbonyl (C=O) groups is 1. The lowest BCUT2D eigenvalue weighted by Crippen LogP contribution is -2.46. The number of amides is 1. The van der Waals surface area contributed by atoms with E-state index in [1.807, 2.05) is 42.1 Å². The zero-order valence-corrected chi connectivity index (χ0v) is 13.1. The van der Waals surface area contributed by atoms with Crippen LogP contribution >= 0.6 is 0 Å². The van der Waals surface area contributed by atoms with E-state index in [0.29, 0.717) is 19.0 Å². The lowest BCUT2D eigenvalue weighted by Gasteiger charge is -2.32. The quantitative estimate of drug-likeness (QED) is 0.823. The van der Waals surface area contributed by atoms with Crippen LogP contribution in [0.2, 0.25) is 0 Å². The van der Waals surface area contributed by atoms with E-state index in [1.165, 1.54) is 0 Å². The second kappa shape index (κ2) is 6.62. The predicted octanol–water partition coefficient (Wildman–Crippen LogP) is 0.780. The Bertz CT molecular complexity index is 509. The van der Waals surface area contributed by atoms with Crippen LogP contribution in [0.5, 0.6) is 5.88 Å². The molecule has 1 aromatic heterocycles. The third kappa shape index (κ3) is 3.23. The highest BCUT2D eigenvalue weighted by Gasteiger charge is 2.47. The molecule has 0 aliphatic carbocycles. The van der Waals surface area contributed by atoms with Crippen molar-refractivity contribution in [3.05, 3.63) is 24.4 Å². The smallest absolute Gasteiger partial charge is 0.237 e. The summed E-state index contributed by atoms with van der Waals surface area (Å²) < 4.78 is 11.9. The molecule has 120 valence electrons. The number of aromatic nitrogens is 1. The number of fused-ring (bicyclic) bond motifs is 1. The Kier molecular flexibility index (Phi) is 4.59. The fourth-order valence-electron chi connectivity index (χ4n) is 3.23. The monoisotopic (exact) mass is 305 g/mol. The topological polar surface area (TPSA) is 54.9 Å². The fourth-order valence-corrected chi connectivity index (χ4v) is 3.23.